The number of para-hydroxylation sites is 1. The van der Waals surface area contributed by atoms with Crippen molar-refractivity contribution in [1.82, 2.24) is 19.4 Å². The van der Waals surface area contributed by atoms with Crippen molar-refractivity contribution >= 4 is 45.5 Å². The molecule has 4 aromatic rings. The van der Waals surface area contributed by atoms with E-state index in [1.54, 1.807) is 47.2 Å². The van der Waals surface area contributed by atoms with Crippen LogP contribution < -0.4 is 10.2 Å². The first-order chi connectivity index (χ1) is 16.7. The normalized spacial score (nSPS) is 15.2. The molecule has 0 radical (unpaired) electrons. The van der Waals surface area contributed by atoms with Gasteiger partial charge < -0.3 is 35.7 Å². The first kappa shape index (κ1) is 25.0. The molecule has 0 aliphatic rings. The summed E-state index contributed by atoms with van der Waals surface area (Å²) >= 11 is 6.41. The Hall–Kier alpha value is -3.06. The molecule has 3 aromatic heterocycles. The quantitative estimate of drug-likeness (QED) is 0.194. The zero-order valence-electron chi connectivity index (χ0n) is 19.1. The molecule has 0 bridgehead atoms. The third-order valence-electron chi connectivity index (χ3n) is 5.88. The highest BCUT2D eigenvalue weighted by atomic mass is 35.5. The van der Waals surface area contributed by atoms with Crippen LogP contribution in [0.25, 0.3) is 16.7 Å². The van der Waals surface area contributed by atoms with Crippen molar-refractivity contribution in [2.24, 2.45) is 0 Å². The molecule has 0 saturated carbocycles. The van der Waals surface area contributed by atoms with Gasteiger partial charge >= 0.3 is 0 Å². The maximum absolute atomic E-state index is 10.5. The van der Waals surface area contributed by atoms with E-state index < -0.39 is 31.0 Å². The number of aliphatic hydroxyl groups excluding tert-OH is 5. The summed E-state index contributed by atoms with van der Waals surface area (Å²) < 4.78 is 1.78. The Morgan fingerprint density at radius 3 is 2.57 bits per heavy atom. The van der Waals surface area contributed by atoms with Crippen LogP contribution in [0.5, 0.6) is 0 Å². The van der Waals surface area contributed by atoms with Crippen molar-refractivity contribution in [3.63, 3.8) is 0 Å². The lowest BCUT2D eigenvalue weighted by Crippen LogP contribution is -2.49. The van der Waals surface area contributed by atoms with E-state index in [0.717, 1.165) is 5.56 Å². The lowest BCUT2D eigenvalue weighted by molar-refractivity contribution is -0.112. The summed E-state index contributed by atoms with van der Waals surface area (Å²) in [5.41, 5.74) is 3.92. The van der Waals surface area contributed by atoms with Gasteiger partial charge in [-0.25, -0.2) is 15.0 Å². The second-order valence-electron chi connectivity index (χ2n) is 8.35. The van der Waals surface area contributed by atoms with Crippen LogP contribution in [0.4, 0.5) is 17.2 Å². The second-order valence-corrected chi connectivity index (χ2v) is 8.75. The molecule has 11 nitrogen and oxygen atoms in total. The van der Waals surface area contributed by atoms with E-state index >= 15 is 0 Å². The SMILES string of the molecule is Cc1cccc(Cl)c1Nc1nc2c(N(C)C[C@H](O)[C@@H](O)[C@H](O)[C@H](O)CO)ccnc2n2cncc12. The first-order valence-electron chi connectivity index (χ1n) is 10.9. The summed E-state index contributed by atoms with van der Waals surface area (Å²) in [5.74, 6) is 0.496. The molecule has 0 unspecified atom stereocenters. The average Bonchev–Trinajstić information content (AvgIpc) is 3.35. The van der Waals surface area contributed by atoms with Crippen LogP contribution in [0, 0.1) is 6.92 Å². The lowest BCUT2D eigenvalue weighted by Gasteiger charge is -2.29. The zero-order chi connectivity index (χ0) is 25.3. The van der Waals surface area contributed by atoms with Gasteiger partial charge in [0.1, 0.15) is 35.7 Å². The van der Waals surface area contributed by atoms with Crippen LogP contribution in [-0.4, -0.2) is 89.5 Å². The molecule has 0 amide bonds. The molecule has 0 fully saturated rings. The van der Waals surface area contributed by atoms with E-state index in [2.05, 4.69) is 15.3 Å². The number of nitrogens with zero attached hydrogens (tertiary/aromatic N) is 5. The molecule has 0 aliphatic carbocycles. The van der Waals surface area contributed by atoms with Crippen LogP contribution in [0.1, 0.15) is 5.56 Å². The maximum atomic E-state index is 10.5. The molecule has 6 N–H and O–H groups in total. The predicted octanol–water partition coefficient (Wildman–Crippen LogP) is 0.855. The Morgan fingerprint density at radius 1 is 1.11 bits per heavy atom. The van der Waals surface area contributed by atoms with E-state index in [9.17, 15) is 20.4 Å². The number of anilines is 3. The van der Waals surface area contributed by atoms with Gasteiger partial charge in [0.05, 0.1) is 35.3 Å². The second kappa shape index (κ2) is 10.3. The number of aliphatic hydroxyl groups is 5. The van der Waals surface area contributed by atoms with Crippen molar-refractivity contribution in [3.8, 4) is 0 Å². The number of aryl methyl sites for hydroxylation is 1. The van der Waals surface area contributed by atoms with Gasteiger partial charge in [-0.15, -0.1) is 0 Å². The van der Waals surface area contributed by atoms with Gasteiger partial charge in [0.2, 0.25) is 0 Å². The zero-order valence-corrected chi connectivity index (χ0v) is 19.9. The fraction of sp³-hybridized carbons (Fsp3) is 0.348. The number of rotatable bonds is 9. The van der Waals surface area contributed by atoms with E-state index in [-0.39, 0.29) is 6.54 Å². The van der Waals surface area contributed by atoms with Gasteiger partial charge in [0.25, 0.3) is 0 Å². The number of fused-ring (bicyclic) bond motifs is 3. The van der Waals surface area contributed by atoms with Gasteiger partial charge in [-0.2, -0.15) is 0 Å². The Kier molecular flexibility index (Phi) is 7.36. The molecule has 4 rings (SSSR count). The topological polar surface area (TPSA) is 160 Å². The average molecular weight is 503 g/mol. The molecular weight excluding hydrogens is 476 g/mol. The number of hydrogen-bond donors (Lipinski definition) is 6. The molecular formula is C23H27ClN6O5. The standard InChI is InChI=1S/C23H27ClN6O5/c1-12-4-3-5-13(24)18(12)27-22-15-8-25-11-30(15)23-19(28-22)14(6-7-26-23)29(2)9-16(32)20(34)21(35)17(33)10-31/h3-8,11,16-17,20-21,31-35H,9-10H2,1-2H3,(H,27,28)/t16-,17+,20+,21+/m0/s1. The number of hydrogen-bond acceptors (Lipinski definition) is 10. The van der Waals surface area contributed by atoms with Crippen LogP contribution in [0.2, 0.25) is 5.02 Å². The Balaban J connectivity index is 1.72. The monoisotopic (exact) mass is 502 g/mol. The van der Waals surface area contributed by atoms with Crippen molar-refractivity contribution in [2.75, 3.05) is 30.4 Å². The minimum Gasteiger partial charge on any atom is -0.394 e. The minimum absolute atomic E-state index is 0.106. The van der Waals surface area contributed by atoms with Crippen LogP contribution >= 0.6 is 11.6 Å². The molecule has 35 heavy (non-hydrogen) atoms. The summed E-state index contributed by atoms with van der Waals surface area (Å²) in [7, 11) is 1.69. The van der Waals surface area contributed by atoms with Crippen molar-refractivity contribution in [2.45, 2.75) is 31.3 Å². The summed E-state index contributed by atoms with van der Waals surface area (Å²) in [6.45, 7) is 1.07. The summed E-state index contributed by atoms with van der Waals surface area (Å²) in [5, 5.41) is 53.0. The Labute approximate surface area is 205 Å². The molecule has 0 aliphatic heterocycles. The minimum atomic E-state index is -1.71. The van der Waals surface area contributed by atoms with E-state index in [1.165, 1.54) is 0 Å². The van der Waals surface area contributed by atoms with Gasteiger partial charge in [-0.3, -0.25) is 4.40 Å². The van der Waals surface area contributed by atoms with Gasteiger partial charge in [-0.1, -0.05) is 23.7 Å². The number of benzene rings is 1. The first-order valence-corrected chi connectivity index (χ1v) is 11.3. The smallest absolute Gasteiger partial charge is 0.166 e. The van der Waals surface area contributed by atoms with Crippen LogP contribution in [-0.2, 0) is 0 Å². The number of aromatic nitrogens is 4. The van der Waals surface area contributed by atoms with Gasteiger partial charge in [0.15, 0.2) is 11.5 Å². The van der Waals surface area contributed by atoms with Crippen molar-refractivity contribution < 1.29 is 25.5 Å². The largest absolute Gasteiger partial charge is 0.394 e. The lowest BCUT2D eigenvalue weighted by atomic mass is 10.0. The molecule has 0 saturated heterocycles. The fourth-order valence-corrected chi connectivity index (χ4v) is 4.15. The highest BCUT2D eigenvalue weighted by molar-refractivity contribution is 6.33. The Morgan fingerprint density at radius 2 is 1.86 bits per heavy atom. The fourth-order valence-electron chi connectivity index (χ4n) is 3.88. The molecule has 0 spiro atoms. The summed E-state index contributed by atoms with van der Waals surface area (Å²) in [4.78, 5) is 15.1. The third-order valence-corrected chi connectivity index (χ3v) is 6.19. The number of halogens is 1. The highest BCUT2D eigenvalue weighted by Crippen LogP contribution is 2.32. The number of nitrogens with one attached hydrogen (secondary N) is 1. The molecule has 1 aromatic carbocycles. The van der Waals surface area contributed by atoms with E-state index in [1.807, 2.05) is 19.1 Å². The predicted molar refractivity (Wildman–Crippen MR) is 132 cm³/mol. The van der Waals surface area contributed by atoms with Gasteiger partial charge in [0, 0.05) is 19.8 Å². The van der Waals surface area contributed by atoms with Crippen molar-refractivity contribution in [1.29, 1.82) is 0 Å². The number of likely N-dealkylation sites (N-methyl/N-ethyl adjacent to an activating group) is 1. The highest BCUT2D eigenvalue weighted by Gasteiger charge is 2.31. The van der Waals surface area contributed by atoms with Crippen LogP contribution in [0.3, 0.4) is 0 Å². The molecule has 12 heteroatoms. The number of imidazole rings is 1. The number of pyridine rings is 1. The van der Waals surface area contributed by atoms with Crippen LogP contribution in [0.15, 0.2) is 43.0 Å². The third kappa shape index (κ3) is 4.87. The Bertz CT molecular complexity index is 1310. The van der Waals surface area contributed by atoms with Crippen molar-refractivity contribution in [3.05, 3.63) is 53.6 Å². The molecule has 3 heterocycles. The van der Waals surface area contributed by atoms with E-state index in [4.69, 9.17) is 21.7 Å². The van der Waals surface area contributed by atoms with Gasteiger partial charge in [-0.05, 0) is 24.6 Å². The maximum Gasteiger partial charge on any atom is 0.166 e. The molecule has 4 atom stereocenters. The summed E-state index contributed by atoms with van der Waals surface area (Å²) in [6, 6.07) is 7.28. The molecule has 186 valence electrons. The van der Waals surface area contributed by atoms with E-state index in [0.29, 0.717) is 38.9 Å². The summed E-state index contributed by atoms with van der Waals surface area (Å²) in [6.07, 6.45) is -1.53.